The van der Waals surface area contributed by atoms with Crippen LogP contribution in [0.1, 0.15) is 6.42 Å². The molecule has 0 aromatic heterocycles. The van der Waals surface area contributed by atoms with Crippen LogP contribution in [0.4, 0.5) is 18.9 Å². The molecule has 1 aromatic rings. The molecule has 0 bridgehead atoms. The van der Waals surface area contributed by atoms with E-state index >= 15 is 0 Å². The summed E-state index contributed by atoms with van der Waals surface area (Å²) in [7, 11) is 1.37. The number of hydrogen-bond donors (Lipinski definition) is 1. The number of nitrogens with zero attached hydrogens (tertiary/aromatic N) is 2. The fourth-order valence-corrected chi connectivity index (χ4v) is 2.31. The molecule has 0 radical (unpaired) electrons. The maximum atomic E-state index is 12.1. The summed E-state index contributed by atoms with van der Waals surface area (Å²) in [6.45, 7) is 0.246. The molecule has 1 aliphatic heterocycles. The SMILES string of the molecule is CN=C(NOOC(F)(F)F)C1CC(=O)N(c2ccc(Cl)cc2)C1. The van der Waals surface area contributed by atoms with Crippen LogP contribution >= 0.6 is 11.6 Å². The molecular formula is C13H13ClF3N3O3. The Morgan fingerprint density at radius 3 is 2.61 bits per heavy atom. The molecule has 1 aliphatic rings. The van der Waals surface area contributed by atoms with Crippen molar-refractivity contribution >= 4 is 29.0 Å². The Bertz CT molecular complexity index is 592. The first-order valence-corrected chi connectivity index (χ1v) is 6.88. The number of anilines is 1. The molecule has 1 amide bonds. The lowest BCUT2D eigenvalue weighted by molar-refractivity contribution is -0.497. The van der Waals surface area contributed by atoms with Gasteiger partial charge in [-0.3, -0.25) is 9.79 Å². The fraction of sp³-hybridized carbons (Fsp3) is 0.385. The Hall–Kier alpha value is -1.84. The van der Waals surface area contributed by atoms with Crippen molar-refractivity contribution in [1.82, 2.24) is 5.48 Å². The second kappa shape index (κ2) is 7.16. The van der Waals surface area contributed by atoms with Crippen molar-refractivity contribution in [3.8, 4) is 0 Å². The summed E-state index contributed by atoms with van der Waals surface area (Å²) < 4.78 is 35.6. The zero-order valence-electron chi connectivity index (χ0n) is 11.9. The molecule has 23 heavy (non-hydrogen) atoms. The minimum Gasteiger partial charge on any atom is -0.312 e. The lowest BCUT2D eigenvalue weighted by Crippen LogP contribution is -2.34. The molecule has 0 saturated carbocycles. The Morgan fingerprint density at radius 1 is 1.39 bits per heavy atom. The number of carbonyl (C=O) groups is 1. The lowest BCUT2D eigenvalue weighted by Gasteiger charge is -2.18. The highest BCUT2D eigenvalue weighted by Gasteiger charge is 2.35. The van der Waals surface area contributed by atoms with Crippen molar-refractivity contribution in [2.75, 3.05) is 18.5 Å². The van der Waals surface area contributed by atoms with Crippen LogP contribution in [0.25, 0.3) is 0 Å². The number of amides is 1. The van der Waals surface area contributed by atoms with Gasteiger partial charge in [0.25, 0.3) is 0 Å². The summed E-state index contributed by atoms with van der Waals surface area (Å²) in [5.41, 5.74) is 2.62. The quantitative estimate of drug-likeness (QED) is 0.392. The highest BCUT2D eigenvalue weighted by atomic mass is 35.5. The van der Waals surface area contributed by atoms with Gasteiger partial charge in [-0.25, -0.2) is 5.48 Å². The molecule has 1 N–H and O–H groups in total. The van der Waals surface area contributed by atoms with E-state index in [0.29, 0.717) is 10.7 Å². The minimum absolute atomic E-state index is 0.0810. The van der Waals surface area contributed by atoms with Crippen LogP contribution in [0.3, 0.4) is 0 Å². The summed E-state index contributed by atoms with van der Waals surface area (Å²) in [5, 5.41) is 0.534. The van der Waals surface area contributed by atoms with Crippen molar-refractivity contribution in [2.45, 2.75) is 12.8 Å². The Labute approximate surface area is 134 Å². The van der Waals surface area contributed by atoms with E-state index in [4.69, 9.17) is 11.6 Å². The number of alkyl halides is 3. The van der Waals surface area contributed by atoms with Crippen molar-refractivity contribution < 1.29 is 27.8 Å². The van der Waals surface area contributed by atoms with Gasteiger partial charge in [-0.1, -0.05) is 11.6 Å². The van der Waals surface area contributed by atoms with Crippen LogP contribution in [0.5, 0.6) is 0 Å². The Balaban J connectivity index is 1.98. The van der Waals surface area contributed by atoms with E-state index in [2.05, 4.69) is 14.9 Å². The molecule has 1 fully saturated rings. The second-order valence-corrected chi connectivity index (χ2v) is 5.14. The number of benzene rings is 1. The van der Waals surface area contributed by atoms with Gasteiger partial charge in [-0.2, -0.15) is 0 Å². The molecule has 1 aromatic carbocycles. The van der Waals surface area contributed by atoms with E-state index < -0.39 is 12.3 Å². The Morgan fingerprint density at radius 2 is 2.04 bits per heavy atom. The van der Waals surface area contributed by atoms with Gasteiger partial charge in [0.2, 0.25) is 5.91 Å². The predicted octanol–water partition coefficient (Wildman–Crippen LogP) is 2.69. The molecule has 1 atom stereocenters. The highest BCUT2D eigenvalue weighted by Crippen LogP contribution is 2.27. The summed E-state index contributed by atoms with van der Waals surface area (Å²) in [5.74, 6) is -0.545. The van der Waals surface area contributed by atoms with E-state index in [1.807, 2.05) is 5.48 Å². The van der Waals surface area contributed by atoms with Gasteiger partial charge >= 0.3 is 6.36 Å². The number of nitrogens with one attached hydrogen (secondary N) is 1. The maximum absolute atomic E-state index is 12.1. The van der Waals surface area contributed by atoms with E-state index in [1.54, 1.807) is 24.3 Å². The van der Waals surface area contributed by atoms with Gasteiger partial charge in [0.1, 0.15) is 5.84 Å². The third kappa shape index (κ3) is 4.81. The van der Waals surface area contributed by atoms with E-state index in [1.165, 1.54) is 11.9 Å². The van der Waals surface area contributed by atoms with Crippen LogP contribution < -0.4 is 10.4 Å². The average molecular weight is 352 g/mol. The summed E-state index contributed by atoms with van der Waals surface area (Å²) >= 11 is 5.80. The standard InChI is InChI=1S/C13H13ClF3N3O3/c1-18-12(19-23-22-13(15,16)17)8-6-11(21)20(7-8)10-4-2-9(14)3-5-10/h2-5,8H,6-7H2,1H3,(H,18,19). The summed E-state index contributed by atoms with van der Waals surface area (Å²) in [6, 6.07) is 6.65. The van der Waals surface area contributed by atoms with Crippen molar-refractivity contribution in [3.05, 3.63) is 29.3 Å². The normalized spacial score (nSPS) is 19.3. The molecular weight excluding hydrogens is 339 g/mol. The first kappa shape index (κ1) is 17.5. The van der Waals surface area contributed by atoms with Gasteiger partial charge in [0, 0.05) is 36.6 Å². The Kier molecular flexibility index (Phi) is 5.45. The maximum Gasteiger partial charge on any atom is 0.551 e. The lowest BCUT2D eigenvalue weighted by atomic mass is 10.1. The highest BCUT2D eigenvalue weighted by molar-refractivity contribution is 6.30. The second-order valence-electron chi connectivity index (χ2n) is 4.71. The monoisotopic (exact) mass is 351 g/mol. The van der Waals surface area contributed by atoms with E-state index in [0.717, 1.165) is 0 Å². The van der Waals surface area contributed by atoms with Gasteiger partial charge < -0.3 is 4.90 Å². The fourth-order valence-electron chi connectivity index (χ4n) is 2.18. The number of carbonyl (C=O) groups excluding carboxylic acids is 1. The molecule has 0 aliphatic carbocycles. The summed E-state index contributed by atoms with van der Waals surface area (Å²) in [4.78, 5) is 24.4. The number of amidine groups is 1. The first-order chi connectivity index (χ1) is 10.8. The summed E-state index contributed by atoms with van der Waals surface area (Å²) in [6.07, 6.45) is -4.86. The van der Waals surface area contributed by atoms with Crippen molar-refractivity contribution in [2.24, 2.45) is 10.9 Å². The number of aliphatic imine (C=N–C) groups is 1. The van der Waals surface area contributed by atoms with Gasteiger partial charge in [-0.15, -0.1) is 23.0 Å². The van der Waals surface area contributed by atoms with Crippen LogP contribution in [0.2, 0.25) is 5.02 Å². The van der Waals surface area contributed by atoms with Crippen LogP contribution in [-0.2, 0) is 14.7 Å². The number of hydrogen-bond acceptors (Lipinski definition) is 4. The molecule has 126 valence electrons. The molecule has 10 heteroatoms. The molecule has 1 unspecified atom stereocenters. The average Bonchev–Trinajstić information content (AvgIpc) is 2.85. The molecule has 6 nitrogen and oxygen atoms in total. The molecule has 1 saturated heterocycles. The van der Waals surface area contributed by atoms with Crippen LogP contribution in [0, 0.1) is 5.92 Å². The van der Waals surface area contributed by atoms with Crippen LogP contribution in [0.15, 0.2) is 29.3 Å². The van der Waals surface area contributed by atoms with E-state index in [-0.39, 0.29) is 24.7 Å². The topological polar surface area (TPSA) is 63.2 Å². The minimum atomic E-state index is -4.94. The zero-order valence-corrected chi connectivity index (χ0v) is 12.7. The molecule has 1 heterocycles. The third-order valence-electron chi connectivity index (χ3n) is 3.17. The van der Waals surface area contributed by atoms with Gasteiger partial charge in [0.05, 0.1) is 0 Å². The number of hydroxylamine groups is 1. The van der Waals surface area contributed by atoms with Crippen molar-refractivity contribution in [1.29, 1.82) is 0 Å². The molecule has 0 spiro atoms. The zero-order chi connectivity index (χ0) is 17.0. The largest absolute Gasteiger partial charge is 0.551 e. The van der Waals surface area contributed by atoms with E-state index in [9.17, 15) is 18.0 Å². The predicted molar refractivity (Wildman–Crippen MR) is 76.6 cm³/mol. The van der Waals surface area contributed by atoms with Crippen LogP contribution in [-0.4, -0.2) is 31.7 Å². The first-order valence-electron chi connectivity index (χ1n) is 6.50. The number of rotatable bonds is 4. The smallest absolute Gasteiger partial charge is 0.312 e. The van der Waals surface area contributed by atoms with Crippen molar-refractivity contribution in [3.63, 3.8) is 0 Å². The number of halogens is 4. The van der Waals surface area contributed by atoms with Gasteiger partial charge in [-0.05, 0) is 24.3 Å². The van der Waals surface area contributed by atoms with Gasteiger partial charge in [0.15, 0.2) is 0 Å². The molecule has 2 rings (SSSR count). The third-order valence-corrected chi connectivity index (χ3v) is 3.43.